The molecule has 0 bridgehead atoms. The van der Waals surface area contributed by atoms with E-state index in [4.69, 9.17) is 14.9 Å². The lowest BCUT2D eigenvalue weighted by Crippen LogP contribution is -2.56. The molecule has 2 heterocycles. The number of methoxy groups -OCH3 is 1. The molecule has 0 saturated heterocycles. The lowest BCUT2D eigenvalue weighted by molar-refractivity contribution is 0.328. The van der Waals surface area contributed by atoms with Gasteiger partial charge in [0.2, 0.25) is 0 Å². The fourth-order valence-electron chi connectivity index (χ4n) is 4.37. The molecule has 0 unspecified atom stereocenters. The minimum atomic E-state index is -3.96. The van der Waals surface area contributed by atoms with Gasteiger partial charge in [-0.15, -0.1) is 11.3 Å². The highest BCUT2D eigenvalue weighted by atomic mass is 32.3. The molecular weight excluding hydrogens is 541 g/mol. The van der Waals surface area contributed by atoms with Crippen molar-refractivity contribution >= 4 is 41.9 Å². The van der Waals surface area contributed by atoms with Crippen molar-refractivity contribution in [2.45, 2.75) is 43.7 Å². The third-order valence-electron chi connectivity index (χ3n) is 6.29. The van der Waals surface area contributed by atoms with Gasteiger partial charge in [0.05, 0.1) is 62.0 Å². The summed E-state index contributed by atoms with van der Waals surface area (Å²) >= 11 is 1.52. The van der Waals surface area contributed by atoms with Gasteiger partial charge < -0.3 is 4.74 Å². The van der Waals surface area contributed by atoms with Gasteiger partial charge in [-0.25, -0.2) is 22.1 Å². The average Bonchev–Trinajstić information content (AvgIpc) is 3.46. The predicted octanol–water partition coefficient (Wildman–Crippen LogP) is 4.82. The molecule has 2 aromatic carbocycles. The number of rotatable bonds is 10. The number of nitrogens with two attached hydrogens (primary N) is 1. The highest BCUT2D eigenvalue weighted by Crippen LogP contribution is 2.41. The van der Waals surface area contributed by atoms with Crippen LogP contribution in [0.25, 0.3) is 15.9 Å². The minimum absolute atomic E-state index is 0.0103. The summed E-state index contributed by atoms with van der Waals surface area (Å²) in [6.07, 6.45) is 3.38. The van der Waals surface area contributed by atoms with Crippen LogP contribution in [0, 0.1) is 0 Å². The van der Waals surface area contributed by atoms with Gasteiger partial charge in [0.15, 0.2) is 0 Å². The molecule has 2 aromatic heterocycles. The Morgan fingerprint density at radius 3 is 2.34 bits per heavy atom. The highest BCUT2D eigenvalue weighted by Gasteiger charge is 2.42. The van der Waals surface area contributed by atoms with Crippen LogP contribution in [0.15, 0.2) is 66.9 Å². The first-order chi connectivity index (χ1) is 17.7. The van der Waals surface area contributed by atoms with E-state index in [1.165, 1.54) is 11.3 Å². The van der Waals surface area contributed by atoms with E-state index >= 15 is 0 Å². The number of benzene rings is 2. The molecule has 0 spiro atoms. The van der Waals surface area contributed by atoms with Gasteiger partial charge in [-0.3, -0.25) is 0 Å². The second-order valence-corrected chi connectivity index (χ2v) is 18.1. The third-order valence-corrected chi connectivity index (χ3v) is 12.3. The zero-order valence-corrected chi connectivity index (χ0v) is 25.0. The van der Waals surface area contributed by atoms with Gasteiger partial charge in [0, 0.05) is 11.1 Å². The van der Waals surface area contributed by atoms with Crippen molar-refractivity contribution in [2.24, 2.45) is 5.90 Å². The Kier molecular flexibility index (Phi) is 7.74. The fraction of sp³-hybridized carbons (Fsp3) is 0.370. The van der Waals surface area contributed by atoms with E-state index in [2.05, 4.69) is 9.82 Å². The van der Waals surface area contributed by atoms with Crippen molar-refractivity contribution in [2.75, 3.05) is 19.1 Å². The summed E-state index contributed by atoms with van der Waals surface area (Å²) in [5, 5.41) is 4.56. The van der Waals surface area contributed by atoms with Crippen molar-refractivity contribution < 1.29 is 17.4 Å². The third kappa shape index (κ3) is 6.08. The second-order valence-electron chi connectivity index (χ2n) is 11.0. The molecule has 0 aliphatic heterocycles. The Balaban J connectivity index is 1.78. The van der Waals surface area contributed by atoms with Crippen LogP contribution in [0.3, 0.4) is 0 Å². The number of aromatic nitrogens is 2. The van der Waals surface area contributed by atoms with E-state index in [0.717, 1.165) is 26.3 Å². The first-order valence-corrected chi connectivity index (χ1v) is 16.7. The number of nitrogens with one attached hydrogen (secondary N) is 1. The molecule has 0 fully saturated rings. The maximum atomic E-state index is 14.6. The van der Waals surface area contributed by atoms with Crippen LogP contribution in [0.1, 0.15) is 38.1 Å². The van der Waals surface area contributed by atoms with E-state index in [9.17, 15) is 8.42 Å². The summed E-state index contributed by atoms with van der Waals surface area (Å²) in [6, 6.07) is 19.2. The molecule has 0 saturated carbocycles. The molecule has 8 nitrogen and oxygen atoms in total. The fourth-order valence-corrected chi connectivity index (χ4v) is 9.58. The Hall–Kier alpha value is -2.41. The van der Waals surface area contributed by atoms with Gasteiger partial charge in [-0.2, -0.15) is 20.3 Å². The van der Waals surface area contributed by atoms with Gasteiger partial charge >= 0.3 is 0 Å². The molecule has 206 valence electrons. The summed E-state index contributed by atoms with van der Waals surface area (Å²) in [6.45, 7) is 7.59. The van der Waals surface area contributed by atoms with Gasteiger partial charge in [-0.1, -0.05) is 30.3 Å². The summed E-state index contributed by atoms with van der Waals surface area (Å²) in [7, 11) is -3.83. The van der Waals surface area contributed by atoms with E-state index in [0.29, 0.717) is 5.75 Å². The normalized spacial score (nSPS) is 16.0. The van der Waals surface area contributed by atoms with Crippen LogP contribution < -0.4 is 15.4 Å². The van der Waals surface area contributed by atoms with E-state index in [1.807, 2.05) is 99.2 Å². The highest BCUT2D eigenvalue weighted by molar-refractivity contribution is 8.14. The molecule has 0 aliphatic carbocycles. The molecule has 11 heteroatoms. The zero-order valence-electron chi connectivity index (χ0n) is 22.6. The lowest BCUT2D eigenvalue weighted by atomic mass is 10.1. The van der Waals surface area contributed by atoms with Crippen LogP contribution in [0.2, 0.25) is 0 Å². The Morgan fingerprint density at radius 2 is 1.76 bits per heavy atom. The number of hydrogen-bond donors (Lipinski definition) is 2. The SMILES string of the molecule is COc1ccc(CS(C)(=O)(C[C@](C)(N[S@](=O)C(C)(C)C)c2cc3c(cnn3-c3ccccc3)s2)ON)cc1. The number of hydrogen-bond acceptors (Lipinski definition) is 7. The van der Waals surface area contributed by atoms with Crippen LogP contribution in [-0.4, -0.2) is 42.1 Å². The van der Waals surface area contributed by atoms with Gasteiger partial charge in [0.1, 0.15) is 5.75 Å². The molecule has 4 rings (SSSR count). The first-order valence-electron chi connectivity index (χ1n) is 12.1. The van der Waals surface area contributed by atoms with Gasteiger partial charge in [0.25, 0.3) is 0 Å². The number of para-hydroxylation sites is 1. The van der Waals surface area contributed by atoms with Crippen LogP contribution >= 0.6 is 11.3 Å². The quantitative estimate of drug-likeness (QED) is 0.262. The number of nitrogens with zero attached hydrogens (tertiary/aromatic N) is 2. The smallest absolute Gasteiger partial charge is 0.118 e. The first kappa shape index (κ1) is 28.6. The summed E-state index contributed by atoms with van der Waals surface area (Å²) in [4.78, 5) is 0.861. The summed E-state index contributed by atoms with van der Waals surface area (Å²) in [5.41, 5.74) is 1.65. The minimum Gasteiger partial charge on any atom is -0.497 e. The predicted molar refractivity (Wildman–Crippen MR) is 158 cm³/mol. The van der Waals surface area contributed by atoms with E-state index in [1.54, 1.807) is 13.4 Å². The van der Waals surface area contributed by atoms with Gasteiger partial charge in [-0.05, 0) is 63.6 Å². The average molecular weight is 577 g/mol. The van der Waals surface area contributed by atoms with Crippen LogP contribution in [0.5, 0.6) is 5.75 Å². The monoisotopic (exact) mass is 576 g/mol. The molecule has 0 radical (unpaired) electrons. The molecule has 3 N–H and O–H groups in total. The Bertz CT molecular complexity index is 1510. The lowest BCUT2D eigenvalue weighted by Gasteiger charge is -2.48. The van der Waals surface area contributed by atoms with Crippen molar-refractivity contribution in [1.29, 1.82) is 0 Å². The van der Waals surface area contributed by atoms with Crippen molar-refractivity contribution in [3.05, 3.63) is 77.3 Å². The second kappa shape index (κ2) is 10.3. The molecule has 0 aliphatic rings. The van der Waals surface area contributed by atoms with Crippen molar-refractivity contribution in [3.63, 3.8) is 0 Å². The topological polar surface area (TPSA) is 108 Å². The standard InChI is InChI=1S/C27H36N4O4S3/c1-26(2,3)37(32)30-27(4,19-38(6,33,35-28)18-20-12-14-22(34-5)15-13-20)25-16-23-24(36-25)17-29-31(23)21-10-8-7-9-11-21/h7-17,30H,18-19,28H2,1-6H3/t27-,37+/m0/s1. The van der Waals surface area contributed by atoms with E-state index < -0.39 is 30.6 Å². The number of thiophene rings is 1. The van der Waals surface area contributed by atoms with Crippen molar-refractivity contribution in [3.8, 4) is 11.4 Å². The largest absolute Gasteiger partial charge is 0.497 e. The van der Waals surface area contributed by atoms with Crippen LogP contribution in [0.4, 0.5) is 0 Å². The molecule has 38 heavy (non-hydrogen) atoms. The summed E-state index contributed by atoms with van der Waals surface area (Å²) in [5.74, 6) is 6.61. The molecule has 0 amide bonds. The maximum absolute atomic E-state index is 14.6. The zero-order chi connectivity index (χ0) is 27.8. The molecule has 2 atom stereocenters. The van der Waals surface area contributed by atoms with Crippen LogP contribution in [-0.2, 0) is 35.9 Å². The van der Waals surface area contributed by atoms with Crippen molar-refractivity contribution in [1.82, 2.24) is 14.5 Å². The number of fused-ring (bicyclic) bond motifs is 1. The summed E-state index contributed by atoms with van der Waals surface area (Å²) < 4.78 is 44.2. The van der Waals surface area contributed by atoms with E-state index in [-0.39, 0.29) is 11.5 Å². The maximum Gasteiger partial charge on any atom is 0.118 e. The Labute approximate surface area is 230 Å². The molecule has 4 aromatic rings. The molecular formula is C27H36N4O4S3. The number of ether oxygens (including phenoxy) is 1. The Morgan fingerprint density at radius 1 is 1.11 bits per heavy atom.